The number of aromatic carboxylic acids is 1. The number of carbonyl (C=O) groups is 1. The lowest BCUT2D eigenvalue weighted by molar-refractivity contribution is 0.0677. The molecule has 104 valence electrons. The van der Waals surface area contributed by atoms with Crippen LogP contribution in [0.2, 0.25) is 5.02 Å². The highest BCUT2D eigenvalue weighted by molar-refractivity contribution is 9.10. The molecule has 0 spiro atoms. The van der Waals surface area contributed by atoms with Gasteiger partial charge in [-0.3, -0.25) is 0 Å². The van der Waals surface area contributed by atoms with E-state index in [0.717, 1.165) is 15.9 Å². The van der Waals surface area contributed by atoms with E-state index in [9.17, 15) is 9.90 Å². The Morgan fingerprint density at radius 3 is 3.00 bits per heavy atom. The van der Waals surface area contributed by atoms with Gasteiger partial charge in [0.2, 0.25) is 0 Å². The second kappa shape index (κ2) is 5.20. The molecule has 0 unspecified atom stereocenters. The van der Waals surface area contributed by atoms with E-state index in [1.54, 1.807) is 22.9 Å². The van der Waals surface area contributed by atoms with Gasteiger partial charge in [0, 0.05) is 21.5 Å². The highest BCUT2D eigenvalue weighted by Gasteiger charge is 2.26. The second-order valence-corrected chi connectivity index (χ2v) is 5.68. The Morgan fingerprint density at radius 1 is 1.50 bits per heavy atom. The first-order chi connectivity index (χ1) is 9.58. The lowest BCUT2D eigenvalue weighted by Gasteiger charge is -2.15. The minimum absolute atomic E-state index is 0.0431. The SMILES string of the molecule is O=C(O)c1nn(-c2ccc(Cl)cc2Br)c2c1COCC2. The van der Waals surface area contributed by atoms with Gasteiger partial charge >= 0.3 is 5.97 Å². The van der Waals surface area contributed by atoms with Gasteiger partial charge in [0.1, 0.15) is 0 Å². The van der Waals surface area contributed by atoms with E-state index in [2.05, 4.69) is 21.0 Å². The van der Waals surface area contributed by atoms with Crippen LogP contribution in [-0.2, 0) is 17.8 Å². The molecule has 5 nitrogen and oxygen atoms in total. The summed E-state index contributed by atoms with van der Waals surface area (Å²) in [5.74, 6) is -1.05. The third-order valence-electron chi connectivity index (χ3n) is 3.16. The Hall–Kier alpha value is -1.37. The first-order valence-corrected chi connectivity index (χ1v) is 7.12. The predicted molar refractivity (Wildman–Crippen MR) is 76.6 cm³/mol. The molecule has 2 aromatic rings. The fourth-order valence-electron chi connectivity index (χ4n) is 2.26. The lowest BCUT2D eigenvalue weighted by Crippen LogP contribution is -2.13. The highest BCUT2D eigenvalue weighted by Crippen LogP contribution is 2.29. The zero-order chi connectivity index (χ0) is 14.3. The van der Waals surface area contributed by atoms with Crippen LogP contribution in [0.1, 0.15) is 21.7 Å². The van der Waals surface area contributed by atoms with Crippen LogP contribution >= 0.6 is 27.5 Å². The number of benzene rings is 1. The molecule has 2 heterocycles. The number of ether oxygens (including phenoxy) is 1. The Bertz CT molecular complexity index is 699. The standard InChI is InChI=1S/C13H10BrClN2O3/c14-9-5-7(15)1-2-11(9)17-10-3-4-20-6-8(10)12(16-17)13(18)19/h1-2,5H,3-4,6H2,(H,18,19). The van der Waals surface area contributed by atoms with Crippen LogP contribution in [0.25, 0.3) is 5.69 Å². The number of hydrogen-bond donors (Lipinski definition) is 1. The van der Waals surface area contributed by atoms with Crippen molar-refractivity contribution in [3.05, 3.63) is 44.6 Å². The minimum atomic E-state index is -1.05. The molecule has 0 radical (unpaired) electrons. The van der Waals surface area contributed by atoms with Crippen LogP contribution in [0, 0.1) is 0 Å². The Balaban J connectivity index is 2.21. The zero-order valence-electron chi connectivity index (χ0n) is 10.3. The molecule has 1 aliphatic heterocycles. The summed E-state index contributed by atoms with van der Waals surface area (Å²) >= 11 is 9.36. The molecular formula is C13H10BrClN2O3. The molecule has 7 heteroatoms. The van der Waals surface area contributed by atoms with Crippen molar-refractivity contribution in [1.29, 1.82) is 0 Å². The maximum absolute atomic E-state index is 11.3. The van der Waals surface area contributed by atoms with E-state index in [1.165, 1.54) is 0 Å². The summed E-state index contributed by atoms with van der Waals surface area (Å²) < 4.78 is 7.75. The molecule has 0 amide bonds. The van der Waals surface area contributed by atoms with Crippen LogP contribution in [0.15, 0.2) is 22.7 Å². The summed E-state index contributed by atoms with van der Waals surface area (Å²) in [5.41, 5.74) is 2.32. The van der Waals surface area contributed by atoms with Crippen molar-refractivity contribution in [2.45, 2.75) is 13.0 Å². The van der Waals surface area contributed by atoms with Crippen molar-refractivity contribution < 1.29 is 14.6 Å². The number of carboxylic acids is 1. The molecule has 0 saturated heterocycles. The molecular weight excluding hydrogens is 348 g/mol. The predicted octanol–water partition coefficient (Wildman–Crippen LogP) is 3.06. The van der Waals surface area contributed by atoms with Gasteiger partial charge in [-0.05, 0) is 34.1 Å². The number of nitrogens with zero attached hydrogens (tertiary/aromatic N) is 2. The van der Waals surface area contributed by atoms with E-state index in [4.69, 9.17) is 16.3 Å². The van der Waals surface area contributed by atoms with Crippen LogP contribution in [0.3, 0.4) is 0 Å². The maximum atomic E-state index is 11.3. The average Bonchev–Trinajstić information content (AvgIpc) is 2.78. The maximum Gasteiger partial charge on any atom is 0.356 e. The molecule has 1 aromatic heterocycles. The van der Waals surface area contributed by atoms with Gasteiger partial charge in [-0.25, -0.2) is 9.48 Å². The molecule has 1 N–H and O–H groups in total. The topological polar surface area (TPSA) is 64.3 Å². The molecule has 20 heavy (non-hydrogen) atoms. The third-order valence-corrected chi connectivity index (χ3v) is 4.03. The largest absolute Gasteiger partial charge is 0.476 e. The van der Waals surface area contributed by atoms with Crippen molar-refractivity contribution in [3.63, 3.8) is 0 Å². The Kier molecular flexibility index (Phi) is 3.54. The van der Waals surface area contributed by atoms with E-state index in [-0.39, 0.29) is 12.3 Å². The van der Waals surface area contributed by atoms with Crippen molar-refractivity contribution in [2.75, 3.05) is 6.61 Å². The van der Waals surface area contributed by atoms with E-state index in [0.29, 0.717) is 23.6 Å². The molecule has 0 aliphatic carbocycles. The van der Waals surface area contributed by atoms with Gasteiger partial charge in [-0.2, -0.15) is 5.10 Å². The van der Waals surface area contributed by atoms with E-state index >= 15 is 0 Å². The average molecular weight is 358 g/mol. The van der Waals surface area contributed by atoms with Crippen LogP contribution in [0.4, 0.5) is 0 Å². The Labute approximate surface area is 128 Å². The third kappa shape index (κ3) is 2.24. The molecule has 3 rings (SSSR count). The second-order valence-electron chi connectivity index (χ2n) is 4.39. The summed E-state index contributed by atoms with van der Waals surface area (Å²) in [5, 5.41) is 14.1. The van der Waals surface area contributed by atoms with Crippen molar-refractivity contribution in [2.24, 2.45) is 0 Å². The van der Waals surface area contributed by atoms with Crippen LogP contribution in [-0.4, -0.2) is 27.5 Å². The van der Waals surface area contributed by atoms with Gasteiger partial charge in [-0.1, -0.05) is 11.6 Å². The minimum Gasteiger partial charge on any atom is -0.476 e. The molecule has 1 aromatic carbocycles. The molecule has 0 bridgehead atoms. The molecule has 0 atom stereocenters. The van der Waals surface area contributed by atoms with Gasteiger partial charge < -0.3 is 9.84 Å². The van der Waals surface area contributed by atoms with Gasteiger partial charge in [0.15, 0.2) is 5.69 Å². The summed E-state index contributed by atoms with van der Waals surface area (Å²) in [4.78, 5) is 11.3. The lowest BCUT2D eigenvalue weighted by atomic mass is 10.1. The fourth-order valence-corrected chi connectivity index (χ4v) is 3.11. The van der Waals surface area contributed by atoms with Gasteiger partial charge in [-0.15, -0.1) is 0 Å². The van der Waals surface area contributed by atoms with Crippen molar-refractivity contribution in [3.8, 4) is 5.69 Å². The molecule has 0 fully saturated rings. The van der Waals surface area contributed by atoms with Crippen molar-refractivity contribution >= 4 is 33.5 Å². The molecule has 1 aliphatic rings. The summed E-state index contributed by atoms with van der Waals surface area (Å²) in [7, 11) is 0. The number of aromatic nitrogens is 2. The Morgan fingerprint density at radius 2 is 2.30 bits per heavy atom. The van der Waals surface area contributed by atoms with E-state index < -0.39 is 5.97 Å². The number of hydrogen-bond acceptors (Lipinski definition) is 3. The van der Waals surface area contributed by atoms with Crippen molar-refractivity contribution in [1.82, 2.24) is 9.78 Å². The molecule has 0 saturated carbocycles. The fraction of sp³-hybridized carbons (Fsp3) is 0.231. The van der Waals surface area contributed by atoms with Gasteiger partial charge in [0.25, 0.3) is 0 Å². The summed E-state index contributed by atoms with van der Waals surface area (Å²) in [6.07, 6.45) is 0.630. The summed E-state index contributed by atoms with van der Waals surface area (Å²) in [6.45, 7) is 0.838. The number of halogens is 2. The number of carboxylic acid groups (broad SMARTS) is 1. The van der Waals surface area contributed by atoms with Gasteiger partial charge in [0.05, 0.1) is 24.6 Å². The van der Waals surface area contributed by atoms with Crippen LogP contribution in [0.5, 0.6) is 0 Å². The zero-order valence-corrected chi connectivity index (χ0v) is 12.6. The highest BCUT2D eigenvalue weighted by atomic mass is 79.9. The number of rotatable bonds is 2. The normalized spacial score (nSPS) is 14.1. The monoisotopic (exact) mass is 356 g/mol. The number of fused-ring (bicyclic) bond motifs is 1. The quantitative estimate of drug-likeness (QED) is 0.897. The van der Waals surface area contributed by atoms with Crippen LogP contribution < -0.4 is 0 Å². The first kappa shape index (κ1) is 13.6. The first-order valence-electron chi connectivity index (χ1n) is 5.95. The van der Waals surface area contributed by atoms with E-state index in [1.807, 2.05) is 0 Å². The summed E-state index contributed by atoms with van der Waals surface area (Å²) in [6, 6.07) is 5.31. The smallest absolute Gasteiger partial charge is 0.356 e.